The second-order valence-corrected chi connectivity index (χ2v) is 5.04. The van der Waals surface area contributed by atoms with Gasteiger partial charge in [-0.15, -0.1) is 0 Å². The summed E-state index contributed by atoms with van der Waals surface area (Å²) in [6, 6.07) is 0. The van der Waals surface area contributed by atoms with Crippen LogP contribution in [-0.4, -0.2) is 54.6 Å². The van der Waals surface area contributed by atoms with Gasteiger partial charge >= 0.3 is 6.18 Å². The summed E-state index contributed by atoms with van der Waals surface area (Å²) >= 11 is 0. The van der Waals surface area contributed by atoms with E-state index in [1.165, 1.54) is 0 Å². The molecule has 0 aromatic rings. The number of hydrogen-bond donors (Lipinski definition) is 0. The molecule has 6 heteroatoms. The van der Waals surface area contributed by atoms with Crippen molar-refractivity contribution in [3.63, 3.8) is 0 Å². The van der Waals surface area contributed by atoms with Crippen LogP contribution >= 0.6 is 0 Å². The molecule has 0 aromatic heterocycles. The van der Waals surface area contributed by atoms with Gasteiger partial charge in [0.25, 0.3) is 0 Å². The lowest BCUT2D eigenvalue weighted by Gasteiger charge is -2.23. The van der Waals surface area contributed by atoms with E-state index in [1.54, 1.807) is 9.80 Å². The highest BCUT2D eigenvalue weighted by atomic mass is 19.4. The van der Waals surface area contributed by atoms with E-state index in [4.69, 9.17) is 0 Å². The van der Waals surface area contributed by atoms with E-state index in [0.29, 0.717) is 26.2 Å². The predicted molar refractivity (Wildman–Crippen MR) is 63.1 cm³/mol. The van der Waals surface area contributed by atoms with E-state index >= 15 is 0 Å². The van der Waals surface area contributed by atoms with E-state index in [9.17, 15) is 18.0 Å². The Bertz CT molecular complexity index is 279. The lowest BCUT2D eigenvalue weighted by molar-refractivity contribution is -0.138. The van der Waals surface area contributed by atoms with E-state index in [2.05, 4.69) is 0 Å². The van der Waals surface area contributed by atoms with Crippen LogP contribution in [0.1, 0.15) is 26.7 Å². The normalized spacial score (nSPS) is 19.1. The third-order valence-electron chi connectivity index (χ3n) is 3.11. The number of nitrogens with zero attached hydrogens (tertiary/aromatic N) is 2. The summed E-state index contributed by atoms with van der Waals surface area (Å²) in [6.07, 6.45) is -4.12. The molecule has 1 rings (SSSR count). The Morgan fingerprint density at radius 1 is 1.17 bits per heavy atom. The van der Waals surface area contributed by atoms with Gasteiger partial charge in [0.15, 0.2) is 0 Å². The second kappa shape index (κ2) is 6.41. The Morgan fingerprint density at radius 2 is 1.83 bits per heavy atom. The number of amides is 1. The van der Waals surface area contributed by atoms with Crippen molar-refractivity contribution in [3.8, 4) is 0 Å². The first-order chi connectivity index (χ1) is 8.29. The molecule has 1 aliphatic heterocycles. The lowest BCUT2D eigenvalue weighted by Crippen LogP contribution is -2.38. The van der Waals surface area contributed by atoms with Crippen LogP contribution in [0.4, 0.5) is 13.2 Å². The van der Waals surface area contributed by atoms with E-state index < -0.39 is 12.6 Å². The van der Waals surface area contributed by atoms with E-state index in [1.807, 2.05) is 13.8 Å². The van der Waals surface area contributed by atoms with E-state index in [0.717, 1.165) is 6.42 Å². The molecule has 1 amide bonds. The molecule has 0 aromatic carbocycles. The number of halogens is 3. The van der Waals surface area contributed by atoms with Crippen molar-refractivity contribution in [1.82, 2.24) is 9.80 Å². The molecule has 0 atom stereocenters. The van der Waals surface area contributed by atoms with Gasteiger partial charge in [0.1, 0.15) is 0 Å². The molecule has 0 aliphatic carbocycles. The highest BCUT2D eigenvalue weighted by Crippen LogP contribution is 2.20. The van der Waals surface area contributed by atoms with Crippen molar-refractivity contribution in [2.45, 2.75) is 32.9 Å². The molecule has 1 aliphatic rings. The molecule has 106 valence electrons. The lowest BCUT2D eigenvalue weighted by atomic mass is 10.2. The summed E-state index contributed by atoms with van der Waals surface area (Å²) in [5.74, 6) is 0.0411. The van der Waals surface area contributed by atoms with Gasteiger partial charge in [-0.05, 0) is 13.0 Å². The van der Waals surface area contributed by atoms with Crippen LogP contribution in [0.3, 0.4) is 0 Å². The molecule has 0 radical (unpaired) electrons. The fourth-order valence-corrected chi connectivity index (χ4v) is 2.06. The largest absolute Gasteiger partial charge is 0.390 e. The van der Waals surface area contributed by atoms with Gasteiger partial charge in [-0.25, -0.2) is 0 Å². The number of carbonyl (C=O) groups excluding carboxylic acids is 1. The first-order valence-electron chi connectivity index (χ1n) is 6.37. The molecular formula is C12H21F3N2O. The molecule has 1 heterocycles. The predicted octanol–water partition coefficient (Wildman–Crippen LogP) is 2.13. The van der Waals surface area contributed by atoms with Crippen LogP contribution in [0.15, 0.2) is 0 Å². The molecule has 0 saturated carbocycles. The zero-order valence-corrected chi connectivity index (χ0v) is 11.0. The molecule has 0 bridgehead atoms. The maximum Gasteiger partial charge on any atom is 0.390 e. The summed E-state index contributed by atoms with van der Waals surface area (Å²) in [5.41, 5.74) is 0. The monoisotopic (exact) mass is 266 g/mol. The third kappa shape index (κ3) is 5.25. The summed E-state index contributed by atoms with van der Waals surface area (Å²) in [6.45, 7) is 6.08. The fraction of sp³-hybridized carbons (Fsp3) is 0.917. The third-order valence-corrected chi connectivity index (χ3v) is 3.11. The molecule has 1 saturated heterocycles. The topological polar surface area (TPSA) is 23.6 Å². The Balaban J connectivity index is 2.39. The van der Waals surface area contributed by atoms with Crippen molar-refractivity contribution in [3.05, 3.63) is 0 Å². The minimum atomic E-state index is -4.10. The SMILES string of the molecule is CC(C)C(=O)N1CCCN(CCC(F)(F)F)CC1. The Hall–Kier alpha value is -0.780. The highest BCUT2D eigenvalue weighted by molar-refractivity contribution is 5.78. The van der Waals surface area contributed by atoms with Crippen LogP contribution in [0.5, 0.6) is 0 Å². The van der Waals surface area contributed by atoms with Crippen LogP contribution in [0, 0.1) is 5.92 Å². The van der Waals surface area contributed by atoms with Crippen molar-refractivity contribution in [2.75, 3.05) is 32.7 Å². The number of carbonyl (C=O) groups is 1. The Labute approximate surface area is 106 Å². The number of rotatable bonds is 3. The molecule has 0 unspecified atom stereocenters. The van der Waals surface area contributed by atoms with Crippen molar-refractivity contribution < 1.29 is 18.0 Å². The molecule has 1 fully saturated rings. The van der Waals surface area contributed by atoms with Crippen LogP contribution in [0.25, 0.3) is 0 Å². The zero-order chi connectivity index (χ0) is 13.8. The Morgan fingerprint density at radius 3 is 2.39 bits per heavy atom. The fourth-order valence-electron chi connectivity index (χ4n) is 2.06. The van der Waals surface area contributed by atoms with Gasteiger partial charge in [-0.3, -0.25) is 4.79 Å². The van der Waals surface area contributed by atoms with E-state index in [-0.39, 0.29) is 18.4 Å². The average Bonchev–Trinajstić information content (AvgIpc) is 2.49. The van der Waals surface area contributed by atoms with Gasteiger partial charge in [0.2, 0.25) is 5.91 Å². The maximum absolute atomic E-state index is 12.1. The Kier molecular flexibility index (Phi) is 5.44. The molecule has 0 spiro atoms. The van der Waals surface area contributed by atoms with Gasteiger partial charge in [-0.2, -0.15) is 13.2 Å². The van der Waals surface area contributed by atoms with Crippen molar-refractivity contribution in [2.24, 2.45) is 5.92 Å². The zero-order valence-electron chi connectivity index (χ0n) is 11.0. The van der Waals surface area contributed by atoms with Gasteiger partial charge in [0.05, 0.1) is 6.42 Å². The number of hydrogen-bond acceptors (Lipinski definition) is 2. The minimum Gasteiger partial charge on any atom is -0.341 e. The summed E-state index contributed by atoms with van der Waals surface area (Å²) in [4.78, 5) is 15.4. The second-order valence-electron chi connectivity index (χ2n) is 5.04. The van der Waals surface area contributed by atoms with Gasteiger partial charge in [0, 0.05) is 32.1 Å². The van der Waals surface area contributed by atoms with Crippen molar-refractivity contribution in [1.29, 1.82) is 0 Å². The first-order valence-corrected chi connectivity index (χ1v) is 6.37. The van der Waals surface area contributed by atoms with Crippen molar-refractivity contribution >= 4 is 5.91 Å². The molecule has 3 nitrogen and oxygen atoms in total. The molecular weight excluding hydrogens is 245 g/mol. The number of alkyl halides is 3. The molecule has 18 heavy (non-hydrogen) atoms. The first kappa shape index (κ1) is 15.3. The average molecular weight is 266 g/mol. The summed E-state index contributed by atoms with van der Waals surface area (Å²) < 4.78 is 36.4. The smallest absolute Gasteiger partial charge is 0.341 e. The highest BCUT2D eigenvalue weighted by Gasteiger charge is 2.28. The minimum absolute atomic E-state index is 0.0349. The van der Waals surface area contributed by atoms with Gasteiger partial charge < -0.3 is 9.80 Å². The van der Waals surface area contributed by atoms with Gasteiger partial charge in [-0.1, -0.05) is 13.8 Å². The standard InChI is InChI=1S/C12H21F3N2O/c1-10(2)11(18)17-6-3-5-16(8-9-17)7-4-12(13,14)15/h10H,3-9H2,1-2H3. The quantitative estimate of drug-likeness (QED) is 0.781. The van der Waals surface area contributed by atoms with Crippen LogP contribution in [-0.2, 0) is 4.79 Å². The molecule has 0 N–H and O–H groups in total. The summed E-state index contributed by atoms with van der Waals surface area (Å²) in [5, 5.41) is 0. The summed E-state index contributed by atoms with van der Waals surface area (Å²) in [7, 11) is 0. The maximum atomic E-state index is 12.1. The van der Waals surface area contributed by atoms with Crippen LogP contribution in [0.2, 0.25) is 0 Å². The van der Waals surface area contributed by atoms with Crippen LogP contribution < -0.4 is 0 Å².